The van der Waals surface area contributed by atoms with Crippen molar-refractivity contribution in [2.24, 2.45) is 10.9 Å². The highest BCUT2D eigenvalue weighted by molar-refractivity contribution is 14.0. The molecule has 1 aliphatic rings. The lowest BCUT2D eigenvalue weighted by Gasteiger charge is -2.32. The van der Waals surface area contributed by atoms with Crippen molar-refractivity contribution in [1.29, 1.82) is 0 Å². The van der Waals surface area contributed by atoms with Gasteiger partial charge in [0.2, 0.25) is 0 Å². The number of guanidine groups is 1. The standard InChI is InChI=1S/C19H32N4O2S.HI/c1-4-23-13-5-6-17(15-23)14-22-19(20-2)21-12-11-16-7-9-18(10-8-16)26(3,24)25;/h7-10,17H,4-6,11-15H2,1-3H3,(H2,20,21,22);1H. The topological polar surface area (TPSA) is 73.8 Å². The molecule has 0 aromatic heterocycles. The average Bonchev–Trinajstić information content (AvgIpc) is 2.64. The molecule has 0 radical (unpaired) electrons. The molecule has 1 aliphatic heterocycles. The van der Waals surface area contributed by atoms with E-state index in [0.29, 0.717) is 10.8 Å². The van der Waals surface area contributed by atoms with Gasteiger partial charge in [0, 0.05) is 32.9 Å². The maximum absolute atomic E-state index is 11.5. The maximum Gasteiger partial charge on any atom is 0.190 e. The van der Waals surface area contributed by atoms with Gasteiger partial charge in [-0.05, 0) is 56.0 Å². The summed E-state index contributed by atoms with van der Waals surface area (Å²) in [6.45, 7) is 7.43. The number of aliphatic imine (C=N–C) groups is 1. The summed E-state index contributed by atoms with van der Waals surface area (Å²) >= 11 is 0. The number of hydrogen-bond donors (Lipinski definition) is 2. The highest BCUT2D eigenvalue weighted by Crippen LogP contribution is 2.15. The summed E-state index contributed by atoms with van der Waals surface area (Å²) in [5, 5.41) is 6.77. The molecule has 0 spiro atoms. The molecular formula is C19H33IN4O2S. The molecule has 0 saturated carbocycles. The molecule has 2 N–H and O–H groups in total. The van der Waals surface area contributed by atoms with E-state index in [0.717, 1.165) is 44.1 Å². The predicted octanol–water partition coefficient (Wildman–Crippen LogP) is 2.15. The van der Waals surface area contributed by atoms with E-state index in [1.807, 2.05) is 12.1 Å². The lowest BCUT2D eigenvalue weighted by Crippen LogP contribution is -2.44. The minimum absolute atomic E-state index is 0. The van der Waals surface area contributed by atoms with Crippen LogP contribution in [-0.2, 0) is 16.3 Å². The number of sulfone groups is 1. The Bertz CT molecular complexity index is 692. The Morgan fingerprint density at radius 1 is 1.26 bits per heavy atom. The molecule has 0 aliphatic carbocycles. The molecule has 1 aromatic rings. The van der Waals surface area contributed by atoms with E-state index >= 15 is 0 Å². The fourth-order valence-electron chi connectivity index (χ4n) is 3.30. The molecule has 0 amide bonds. The Labute approximate surface area is 181 Å². The quantitative estimate of drug-likeness (QED) is 0.336. The minimum atomic E-state index is -3.13. The van der Waals surface area contributed by atoms with E-state index in [2.05, 4.69) is 27.4 Å². The molecule has 1 unspecified atom stereocenters. The monoisotopic (exact) mass is 508 g/mol. The average molecular weight is 508 g/mol. The first-order valence-corrected chi connectivity index (χ1v) is 11.3. The molecule has 0 bridgehead atoms. The SMILES string of the molecule is CCN1CCCC(CNC(=NC)NCCc2ccc(S(C)(=O)=O)cc2)C1.I. The normalized spacial score (nSPS) is 18.6. The van der Waals surface area contributed by atoms with Crippen LogP contribution in [0, 0.1) is 5.92 Å². The Kier molecular flexibility index (Phi) is 10.6. The van der Waals surface area contributed by atoms with Gasteiger partial charge in [-0.1, -0.05) is 19.1 Å². The van der Waals surface area contributed by atoms with Gasteiger partial charge in [-0.2, -0.15) is 0 Å². The zero-order valence-corrected chi connectivity index (χ0v) is 19.7. The number of benzene rings is 1. The lowest BCUT2D eigenvalue weighted by atomic mass is 9.98. The van der Waals surface area contributed by atoms with Gasteiger partial charge in [0.15, 0.2) is 15.8 Å². The third kappa shape index (κ3) is 8.35. The van der Waals surface area contributed by atoms with E-state index in [1.165, 1.54) is 25.6 Å². The summed E-state index contributed by atoms with van der Waals surface area (Å²) in [5.41, 5.74) is 1.10. The van der Waals surface area contributed by atoms with Gasteiger partial charge in [-0.3, -0.25) is 4.99 Å². The van der Waals surface area contributed by atoms with Crippen LogP contribution >= 0.6 is 24.0 Å². The molecule has 27 heavy (non-hydrogen) atoms. The molecule has 1 atom stereocenters. The molecule has 1 aromatic carbocycles. The third-order valence-corrected chi connectivity index (χ3v) is 6.02. The first-order valence-electron chi connectivity index (χ1n) is 9.38. The molecule has 1 heterocycles. The number of nitrogens with zero attached hydrogens (tertiary/aromatic N) is 2. The first kappa shape index (κ1) is 24.2. The van der Waals surface area contributed by atoms with Gasteiger partial charge in [-0.25, -0.2) is 8.42 Å². The van der Waals surface area contributed by atoms with Crippen LogP contribution in [0.5, 0.6) is 0 Å². The van der Waals surface area contributed by atoms with Crippen molar-refractivity contribution < 1.29 is 8.42 Å². The highest BCUT2D eigenvalue weighted by atomic mass is 127. The Morgan fingerprint density at radius 3 is 2.56 bits per heavy atom. The molecule has 1 saturated heterocycles. The van der Waals surface area contributed by atoms with Crippen LogP contribution in [-0.4, -0.2) is 65.3 Å². The number of rotatable bonds is 7. The highest BCUT2D eigenvalue weighted by Gasteiger charge is 2.18. The van der Waals surface area contributed by atoms with Crippen molar-refractivity contribution in [3.05, 3.63) is 29.8 Å². The molecule has 8 heteroatoms. The fourth-order valence-corrected chi connectivity index (χ4v) is 3.93. The second kappa shape index (κ2) is 11.9. The van der Waals surface area contributed by atoms with Crippen molar-refractivity contribution in [2.75, 3.05) is 46.0 Å². The van der Waals surface area contributed by atoms with Crippen LogP contribution in [0.15, 0.2) is 34.2 Å². The van der Waals surface area contributed by atoms with Gasteiger partial charge in [-0.15, -0.1) is 24.0 Å². The summed E-state index contributed by atoms with van der Waals surface area (Å²) in [7, 11) is -1.34. The maximum atomic E-state index is 11.5. The summed E-state index contributed by atoms with van der Waals surface area (Å²) in [6, 6.07) is 7.08. The fraction of sp³-hybridized carbons (Fsp3) is 0.632. The van der Waals surface area contributed by atoms with Crippen LogP contribution < -0.4 is 10.6 Å². The van der Waals surface area contributed by atoms with Crippen molar-refractivity contribution in [3.8, 4) is 0 Å². The van der Waals surface area contributed by atoms with Crippen molar-refractivity contribution >= 4 is 39.8 Å². The Balaban J connectivity index is 0.00000364. The van der Waals surface area contributed by atoms with E-state index < -0.39 is 9.84 Å². The van der Waals surface area contributed by atoms with E-state index in [4.69, 9.17) is 0 Å². The van der Waals surface area contributed by atoms with Crippen LogP contribution in [0.1, 0.15) is 25.3 Å². The largest absolute Gasteiger partial charge is 0.356 e. The lowest BCUT2D eigenvalue weighted by molar-refractivity contribution is 0.183. The van der Waals surface area contributed by atoms with Crippen LogP contribution in [0.4, 0.5) is 0 Å². The zero-order valence-electron chi connectivity index (χ0n) is 16.6. The number of hydrogen-bond acceptors (Lipinski definition) is 4. The molecule has 154 valence electrons. The molecular weight excluding hydrogens is 475 g/mol. The van der Waals surface area contributed by atoms with E-state index in [-0.39, 0.29) is 24.0 Å². The second-order valence-electron chi connectivity index (χ2n) is 6.95. The number of nitrogens with one attached hydrogen (secondary N) is 2. The summed E-state index contributed by atoms with van der Waals surface area (Å²) in [4.78, 5) is 7.16. The van der Waals surface area contributed by atoms with E-state index in [9.17, 15) is 8.42 Å². The predicted molar refractivity (Wildman–Crippen MR) is 123 cm³/mol. The minimum Gasteiger partial charge on any atom is -0.356 e. The van der Waals surface area contributed by atoms with Crippen LogP contribution in [0.2, 0.25) is 0 Å². The molecule has 6 nitrogen and oxygen atoms in total. The third-order valence-electron chi connectivity index (χ3n) is 4.89. The van der Waals surface area contributed by atoms with Crippen molar-refractivity contribution in [2.45, 2.75) is 31.1 Å². The Hall–Kier alpha value is -0.870. The summed E-state index contributed by atoms with van der Waals surface area (Å²) < 4.78 is 23.0. The van der Waals surface area contributed by atoms with Gasteiger partial charge in [0.1, 0.15) is 0 Å². The first-order chi connectivity index (χ1) is 12.4. The molecule has 1 fully saturated rings. The number of piperidine rings is 1. The van der Waals surface area contributed by atoms with Gasteiger partial charge in [0.05, 0.1) is 4.90 Å². The smallest absolute Gasteiger partial charge is 0.190 e. The van der Waals surface area contributed by atoms with Gasteiger partial charge in [0.25, 0.3) is 0 Å². The van der Waals surface area contributed by atoms with Gasteiger partial charge < -0.3 is 15.5 Å². The zero-order chi connectivity index (χ0) is 19.0. The summed E-state index contributed by atoms with van der Waals surface area (Å²) in [6.07, 6.45) is 4.59. The van der Waals surface area contributed by atoms with Crippen molar-refractivity contribution in [1.82, 2.24) is 15.5 Å². The summed E-state index contributed by atoms with van der Waals surface area (Å²) in [5.74, 6) is 1.50. The molecule has 2 rings (SSSR count). The number of halogens is 1. The van der Waals surface area contributed by atoms with Crippen molar-refractivity contribution in [3.63, 3.8) is 0 Å². The second-order valence-corrected chi connectivity index (χ2v) is 8.96. The Morgan fingerprint density at radius 2 is 1.96 bits per heavy atom. The van der Waals surface area contributed by atoms with Gasteiger partial charge >= 0.3 is 0 Å². The van der Waals surface area contributed by atoms with Crippen LogP contribution in [0.3, 0.4) is 0 Å². The van der Waals surface area contributed by atoms with Crippen LogP contribution in [0.25, 0.3) is 0 Å². The number of likely N-dealkylation sites (tertiary alicyclic amines) is 1. The van der Waals surface area contributed by atoms with E-state index in [1.54, 1.807) is 19.2 Å².